The zero-order valence-electron chi connectivity index (χ0n) is 15.1. The van der Waals surface area contributed by atoms with Crippen molar-refractivity contribution in [3.05, 3.63) is 22.4 Å². The van der Waals surface area contributed by atoms with E-state index in [1.807, 2.05) is 17.5 Å². The van der Waals surface area contributed by atoms with Gasteiger partial charge in [-0.05, 0) is 31.2 Å². The molecule has 0 saturated carbocycles. The van der Waals surface area contributed by atoms with E-state index in [9.17, 15) is 14.4 Å². The molecule has 142 valence electrons. The highest BCUT2D eigenvalue weighted by molar-refractivity contribution is 7.10. The number of ether oxygens (including phenoxy) is 1. The van der Waals surface area contributed by atoms with Crippen LogP contribution in [0.5, 0.6) is 0 Å². The number of carbonyl (C=O) groups is 3. The fourth-order valence-corrected chi connectivity index (χ4v) is 4.22. The molecule has 0 N–H and O–H groups in total. The predicted molar refractivity (Wildman–Crippen MR) is 97.9 cm³/mol. The Kier molecular flexibility index (Phi) is 6.13. The van der Waals surface area contributed by atoms with Gasteiger partial charge in [-0.3, -0.25) is 9.59 Å². The Hall–Kier alpha value is -2.09. The molecule has 0 aliphatic carbocycles. The molecule has 2 aliphatic heterocycles. The van der Waals surface area contributed by atoms with Crippen LogP contribution in [0.25, 0.3) is 0 Å². The van der Waals surface area contributed by atoms with Crippen molar-refractivity contribution < 1.29 is 19.1 Å². The number of carbonyl (C=O) groups excluding carboxylic acids is 3. The third-order valence-corrected chi connectivity index (χ3v) is 5.76. The van der Waals surface area contributed by atoms with Crippen LogP contribution in [0, 0.1) is 0 Å². The third-order valence-electron chi connectivity index (χ3n) is 4.88. The Bertz CT molecular complexity index is 641. The number of thiophene rings is 1. The molecule has 26 heavy (non-hydrogen) atoms. The summed E-state index contributed by atoms with van der Waals surface area (Å²) in [6, 6.07) is 3.52. The van der Waals surface area contributed by atoms with E-state index >= 15 is 0 Å². The van der Waals surface area contributed by atoms with Gasteiger partial charge in [0.15, 0.2) is 0 Å². The molecule has 2 aliphatic rings. The minimum atomic E-state index is -0.364. The molecule has 0 aromatic carbocycles. The van der Waals surface area contributed by atoms with Gasteiger partial charge in [0.05, 0.1) is 13.0 Å². The molecule has 0 radical (unpaired) electrons. The minimum absolute atomic E-state index is 0.00513. The second-order valence-electron chi connectivity index (χ2n) is 6.51. The molecule has 1 unspecified atom stereocenters. The Morgan fingerprint density at radius 1 is 1.15 bits per heavy atom. The van der Waals surface area contributed by atoms with E-state index in [1.54, 1.807) is 33.0 Å². The third kappa shape index (κ3) is 4.17. The summed E-state index contributed by atoms with van der Waals surface area (Å²) in [5, 5.41) is 1.96. The van der Waals surface area contributed by atoms with Gasteiger partial charge in [-0.25, -0.2) is 4.79 Å². The van der Waals surface area contributed by atoms with Crippen LogP contribution in [0.15, 0.2) is 17.5 Å². The average Bonchev–Trinajstić information content (AvgIpc) is 3.33. The van der Waals surface area contributed by atoms with E-state index in [4.69, 9.17) is 4.74 Å². The molecule has 2 fully saturated rings. The van der Waals surface area contributed by atoms with Crippen molar-refractivity contribution in [1.29, 1.82) is 0 Å². The molecule has 0 spiro atoms. The maximum absolute atomic E-state index is 12.9. The summed E-state index contributed by atoms with van der Waals surface area (Å²) in [6.07, 6.45) is 1.61. The first kappa shape index (κ1) is 18.7. The highest BCUT2D eigenvalue weighted by atomic mass is 32.1. The van der Waals surface area contributed by atoms with E-state index in [2.05, 4.69) is 0 Å². The summed E-state index contributed by atoms with van der Waals surface area (Å²) in [5.41, 5.74) is 0. The van der Waals surface area contributed by atoms with E-state index < -0.39 is 0 Å². The standard InChI is InChI=1S/C18H25N3O4S/c1-2-25-18(24)20-10-8-19(9-11-20)17(23)15-6-3-7-21(15)16(22)13-14-5-4-12-26-14/h4-5,12,15H,2-3,6-11,13H2,1H3. The van der Waals surface area contributed by atoms with Crippen LogP contribution in [0.4, 0.5) is 4.79 Å². The van der Waals surface area contributed by atoms with Crippen molar-refractivity contribution in [1.82, 2.24) is 14.7 Å². The number of hydrogen-bond donors (Lipinski definition) is 0. The van der Waals surface area contributed by atoms with Crippen LogP contribution in [0.3, 0.4) is 0 Å². The summed E-state index contributed by atoms with van der Waals surface area (Å²) >= 11 is 1.56. The monoisotopic (exact) mass is 379 g/mol. The molecule has 3 rings (SSSR count). The Morgan fingerprint density at radius 3 is 2.54 bits per heavy atom. The Labute approximate surface area is 157 Å². The summed E-state index contributed by atoms with van der Waals surface area (Å²) in [5.74, 6) is 0.0269. The lowest BCUT2D eigenvalue weighted by Crippen LogP contribution is -2.55. The number of amides is 3. The molecule has 8 heteroatoms. The van der Waals surface area contributed by atoms with Gasteiger partial charge in [0.1, 0.15) is 6.04 Å². The molecular formula is C18H25N3O4S. The van der Waals surface area contributed by atoms with Crippen LogP contribution in [-0.4, -0.2) is 78.0 Å². The predicted octanol–water partition coefficient (Wildman–Crippen LogP) is 1.58. The second kappa shape index (κ2) is 8.53. The largest absolute Gasteiger partial charge is 0.450 e. The fourth-order valence-electron chi connectivity index (χ4n) is 3.52. The molecule has 3 amide bonds. The van der Waals surface area contributed by atoms with Crippen LogP contribution >= 0.6 is 11.3 Å². The van der Waals surface area contributed by atoms with Gasteiger partial charge >= 0.3 is 6.09 Å². The van der Waals surface area contributed by atoms with Crippen LogP contribution in [-0.2, 0) is 20.7 Å². The van der Waals surface area contributed by atoms with E-state index in [-0.39, 0.29) is 23.9 Å². The van der Waals surface area contributed by atoms with Crippen molar-refractivity contribution in [2.45, 2.75) is 32.2 Å². The first-order valence-corrected chi connectivity index (χ1v) is 10.0. The average molecular weight is 379 g/mol. The molecule has 3 heterocycles. The van der Waals surface area contributed by atoms with Gasteiger partial charge in [0.2, 0.25) is 11.8 Å². The van der Waals surface area contributed by atoms with Gasteiger partial charge in [-0.1, -0.05) is 6.07 Å². The van der Waals surface area contributed by atoms with Crippen molar-refractivity contribution >= 4 is 29.2 Å². The van der Waals surface area contributed by atoms with E-state index in [1.165, 1.54) is 0 Å². The van der Waals surface area contributed by atoms with E-state index in [0.717, 1.165) is 11.3 Å². The number of hydrogen-bond acceptors (Lipinski definition) is 5. The SMILES string of the molecule is CCOC(=O)N1CCN(C(=O)C2CCCN2C(=O)Cc2cccs2)CC1. The summed E-state index contributed by atoms with van der Waals surface area (Å²) in [7, 11) is 0. The zero-order chi connectivity index (χ0) is 18.5. The molecule has 2 saturated heterocycles. The first-order valence-electron chi connectivity index (χ1n) is 9.12. The van der Waals surface area contributed by atoms with Gasteiger partial charge in [-0.2, -0.15) is 0 Å². The number of nitrogens with zero attached hydrogens (tertiary/aromatic N) is 3. The van der Waals surface area contributed by atoms with Crippen molar-refractivity contribution in [3.8, 4) is 0 Å². The van der Waals surface area contributed by atoms with Gasteiger partial charge in [0.25, 0.3) is 0 Å². The number of likely N-dealkylation sites (tertiary alicyclic amines) is 1. The summed E-state index contributed by atoms with van der Waals surface area (Å²) in [6.45, 7) is 4.69. The van der Waals surface area contributed by atoms with E-state index in [0.29, 0.717) is 52.2 Å². The lowest BCUT2D eigenvalue weighted by atomic mass is 10.1. The minimum Gasteiger partial charge on any atom is -0.450 e. The lowest BCUT2D eigenvalue weighted by Gasteiger charge is -2.36. The molecular weight excluding hydrogens is 354 g/mol. The highest BCUT2D eigenvalue weighted by Gasteiger charge is 2.37. The summed E-state index contributed by atoms with van der Waals surface area (Å²) in [4.78, 5) is 43.5. The number of piperazine rings is 1. The van der Waals surface area contributed by atoms with Gasteiger partial charge < -0.3 is 19.4 Å². The highest BCUT2D eigenvalue weighted by Crippen LogP contribution is 2.22. The quantitative estimate of drug-likeness (QED) is 0.796. The van der Waals surface area contributed by atoms with Crippen LogP contribution in [0.2, 0.25) is 0 Å². The fraction of sp³-hybridized carbons (Fsp3) is 0.611. The van der Waals surface area contributed by atoms with Crippen LogP contribution in [0.1, 0.15) is 24.6 Å². The molecule has 1 aromatic rings. The Morgan fingerprint density at radius 2 is 1.88 bits per heavy atom. The van der Waals surface area contributed by atoms with Crippen molar-refractivity contribution in [2.75, 3.05) is 39.3 Å². The second-order valence-corrected chi connectivity index (χ2v) is 7.54. The maximum atomic E-state index is 12.9. The van der Waals surface area contributed by atoms with Crippen LogP contribution < -0.4 is 0 Å². The van der Waals surface area contributed by atoms with Gasteiger partial charge in [-0.15, -0.1) is 11.3 Å². The number of rotatable bonds is 4. The lowest BCUT2D eigenvalue weighted by molar-refractivity contribution is -0.144. The van der Waals surface area contributed by atoms with Crippen molar-refractivity contribution in [2.24, 2.45) is 0 Å². The normalized spacial score (nSPS) is 20.3. The smallest absolute Gasteiger partial charge is 0.409 e. The topological polar surface area (TPSA) is 70.2 Å². The molecule has 1 aromatic heterocycles. The van der Waals surface area contributed by atoms with Crippen molar-refractivity contribution in [3.63, 3.8) is 0 Å². The summed E-state index contributed by atoms with van der Waals surface area (Å²) < 4.78 is 5.01. The molecule has 0 bridgehead atoms. The molecule has 1 atom stereocenters. The molecule has 7 nitrogen and oxygen atoms in total. The zero-order valence-corrected chi connectivity index (χ0v) is 15.9. The van der Waals surface area contributed by atoms with Gasteiger partial charge in [0, 0.05) is 37.6 Å². The Balaban J connectivity index is 1.55. The first-order chi connectivity index (χ1) is 12.6. The maximum Gasteiger partial charge on any atom is 0.409 e.